The van der Waals surface area contributed by atoms with E-state index < -0.39 is 22.3 Å². The van der Waals surface area contributed by atoms with Gasteiger partial charge in [-0.25, -0.2) is 0 Å². The topological polar surface area (TPSA) is 121 Å². The zero-order chi connectivity index (χ0) is 17.0. The lowest BCUT2D eigenvalue weighted by atomic mass is 9.97. The molecule has 1 aromatic carbocycles. The molecule has 0 aromatic heterocycles. The van der Waals surface area contributed by atoms with Gasteiger partial charge in [-0.1, -0.05) is 0 Å². The third kappa shape index (κ3) is 3.97. The largest absolute Gasteiger partial charge is 0.502 e. The first kappa shape index (κ1) is 16.7. The first-order valence-corrected chi connectivity index (χ1v) is 7.40. The fourth-order valence-corrected chi connectivity index (χ4v) is 2.83. The number of likely N-dealkylation sites (tertiary alicyclic amines) is 1. The molecule has 1 amide bonds. The second kappa shape index (κ2) is 7.08. The summed E-state index contributed by atoms with van der Waals surface area (Å²) in [5.41, 5.74) is -0.397. The number of benzene rings is 1. The van der Waals surface area contributed by atoms with Gasteiger partial charge >= 0.3 is 11.7 Å². The van der Waals surface area contributed by atoms with Crippen LogP contribution in [0, 0.1) is 10.1 Å². The van der Waals surface area contributed by atoms with Crippen molar-refractivity contribution in [2.24, 2.45) is 0 Å². The van der Waals surface area contributed by atoms with E-state index in [0.29, 0.717) is 13.0 Å². The van der Waals surface area contributed by atoms with Crippen molar-refractivity contribution in [2.75, 3.05) is 6.54 Å². The van der Waals surface area contributed by atoms with Gasteiger partial charge in [-0.3, -0.25) is 19.7 Å². The molecular formula is C15H18N2O6. The molecule has 1 aliphatic heterocycles. The van der Waals surface area contributed by atoms with Crippen LogP contribution in [-0.4, -0.2) is 44.5 Å². The highest BCUT2D eigenvalue weighted by Gasteiger charge is 2.29. The number of amides is 1. The Hall–Kier alpha value is -2.64. The number of phenolic OH excluding ortho intramolecular Hbond substituents is 1. The number of carbonyl (C=O) groups is 2. The van der Waals surface area contributed by atoms with Crippen molar-refractivity contribution < 1.29 is 24.7 Å². The lowest BCUT2D eigenvalue weighted by Gasteiger charge is -2.35. The van der Waals surface area contributed by atoms with Gasteiger partial charge in [-0.05, 0) is 37.8 Å². The van der Waals surface area contributed by atoms with Crippen LogP contribution >= 0.6 is 0 Å². The number of nitrogens with zero attached hydrogens (tertiary/aromatic N) is 2. The summed E-state index contributed by atoms with van der Waals surface area (Å²) in [5, 5.41) is 29.1. The maximum atomic E-state index is 12.6. The van der Waals surface area contributed by atoms with Crippen molar-refractivity contribution >= 4 is 17.6 Å². The van der Waals surface area contributed by atoms with E-state index in [-0.39, 0.29) is 23.9 Å². The van der Waals surface area contributed by atoms with Gasteiger partial charge in [0.05, 0.1) is 4.92 Å². The van der Waals surface area contributed by atoms with Crippen LogP contribution in [0.4, 0.5) is 5.69 Å². The first-order chi connectivity index (χ1) is 10.9. The van der Waals surface area contributed by atoms with Crippen molar-refractivity contribution in [2.45, 2.75) is 38.1 Å². The fourth-order valence-electron chi connectivity index (χ4n) is 2.83. The normalized spacial score (nSPS) is 17.7. The molecule has 0 radical (unpaired) electrons. The van der Waals surface area contributed by atoms with Crippen molar-refractivity contribution in [3.63, 3.8) is 0 Å². The smallest absolute Gasteiger partial charge is 0.311 e. The maximum absolute atomic E-state index is 12.6. The maximum Gasteiger partial charge on any atom is 0.311 e. The number of aliphatic carboxylic acids is 1. The molecule has 1 aromatic rings. The summed E-state index contributed by atoms with van der Waals surface area (Å²) in [5.74, 6) is -1.78. The quantitative estimate of drug-likeness (QED) is 0.633. The van der Waals surface area contributed by atoms with Crippen LogP contribution in [0.3, 0.4) is 0 Å². The summed E-state index contributed by atoms with van der Waals surface area (Å²) in [6.07, 6.45) is 2.80. The minimum atomic E-state index is -0.914. The van der Waals surface area contributed by atoms with Gasteiger partial charge in [0.25, 0.3) is 5.91 Å². The lowest BCUT2D eigenvalue weighted by molar-refractivity contribution is -0.385. The van der Waals surface area contributed by atoms with Crippen LogP contribution in [0.5, 0.6) is 5.75 Å². The number of aromatic hydroxyl groups is 1. The molecule has 1 aliphatic rings. The van der Waals surface area contributed by atoms with Gasteiger partial charge < -0.3 is 15.1 Å². The molecule has 0 saturated carbocycles. The first-order valence-electron chi connectivity index (χ1n) is 7.40. The van der Waals surface area contributed by atoms with Gasteiger partial charge in [0.2, 0.25) is 0 Å². The lowest BCUT2D eigenvalue weighted by Crippen LogP contribution is -2.44. The molecule has 1 atom stereocenters. The van der Waals surface area contributed by atoms with Gasteiger partial charge in [0.1, 0.15) is 0 Å². The zero-order valence-corrected chi connectivity index (χ0v) is 12.5. The number of nitro groups is 1. The van der Waals surface area contributed by atoms with Crippen LogP contribution in [0.2, 0.25) is 0 Å². The molecule has 0 bridgehead atoms. The van der Waals surface area contributed by atoms with Crippen molar-refractivity contribution in [1.82, 2.24) is 4.90 Å². The molecule has 124 valence electrons. The van der Waals surface area contributed by atoms with Crippen molar-refractivity contribution in [3.8, 4) is 5.75 Å². The Bertz CT molecular complexity index is 630. The summed E-state index contributed by atoms with van der Waals surface area (Å²) in [7, 11) is 0. The predicted octanol–water partition coefficient (Wildman–Crippen LogP) is 2.16. The van der Waals surface area contributed by atoms with Crippen LogP contribution in [0.1, 0.15) is 42.5 Å². The molecule has 2 N–H and O–H groups in total. The second-order valence-electron chi connectivity index (χ2n) is 5.54. The van der Waals surface area contributed by atoms with E-state index in [9.17, 15) is 24.8 Å². The zero-order valence-electron chi connectivity index (χ0n) is 12.5. The average Bonchev–Trinajstić information content (AvgIpc) is 2.52. The van der Waals surface area contributed by atoms with Crippen molar-refractivity contribution in [1.29, 1.82) is 0 Å². The molecule has 1 unspecified atom stereocenters. The number of nitro benzene ring substituents is 1. The number of phenols is 1. The summed E-state index contributed by atoms with van der Waals surface area (Å²) in [4.78, 5) is 35.1. The standard InChI is InChI=1S/C15H18N2O6/c18-13-6-4-10(9-12(13)17(22)23)15(21)16-8-2-1-3-11(16)5-7-14(19)20/h4,6,9,11,18H,1-3,5,7-8H2,(H,19,20). The van der Waals surface area contributed by atoms with Crippen LogP contribution in [-0.2, 0) is 4.79 Å². The number of rotatable bonds is 5. The van der Waals surface area contributed by atoms with E-state index >= 15 is 0 Å². The Balaban J connectivity index is 2.21. The number of piperidine rings is 1. The Kier molecular flexibility index (Phi) is 5.15. The molecule has 23 heavy (non-hydrogen) atoms. The molecule has 2 rings (SSSR count). The van der Waals surface area contributed by atoms with Crippen LogP contribution in [0.25, 0.3) is 0 Å². The number of hydrogen-bond donors (Lipinski definition) is 2. The molecule has 0 aliphatic carbocycles. The highest BCUT2D eigenvalue weighted by Crippen LogP contribution is 2.29. The van der Waals surface area contributed by atoms with Gasteiger partial charge in [-0.2, -0.15) is 0 Å². The minimum Gasteiger partial charge on any atom is -0.502 e. The number of carbonyl (C=O) groups excluding carboxylic acids is 1. The molecule has 1 fully saturated rings. The minimum absolute atomic E-state index is 0.0236. The van der Waals surface area contributed by atoms with E-state index in [4.69, 9.17) is 5.11 Å². The third-order valence-corrected chi connectivity index (χ3v) is 4.00. The van der Waals surface area contributed by atoms with Crippen LogP contribution < -0.4 is 0 Å². The summed E-state index contributed by atoms with van der Waals surface area (Å²) >= 11 is 0. The molecule has 0 spiro atoms. The van der Waals surface area contributed by atoms with E-state index in [1.54, 1.807) is 4.90 Å². The molecule has 1 saturated heterocycles. The highest BCUT2D eigenvalue weighted by atomic mass is 16.6. The Labute approximate surface area is 132 Å². The molecule has 1 heterocycles. The van der Waals surface area contributed by atoms with E-state index in [1.165, 1.54) is 6.07 Å². The van der Waals surface area contributed by atoms with E-state index in [1.807, 2.05) is 0 Å². The predicted molar refractivity (Wildman–Crippen MR) is 80.3 cm³/mol. The highest BCUT2D eigenvalue weighted by molar-refractivity contribution is 5.95. The third-order valence-electron chi connectivity index (χ3n) is 4.00. The second-order valence-corrected chi connectivity index (χ2v) is 5.54. The number of carboxylic acids is 1. The Morgan fingerprint density at radius 2 is 2.09 bits per heavy atom. The summed E-state index contributed by atoms with van der Waals surface area (Å²) < 4.78 is 0. The van der Waals surface area contributed by atoms with E-state index in [2.05, 4.69) is 0 Å². The van der Waals surface area contributed by atoms with Crippen molar-refractivity contribution in [3.05, 3.63) is 33.9 Å². The summed E-state index contributed by atoms with van der Waals surface area (Å²) in [6.45, 7) is 0.498. The Morgan fingerprint density at radius 1 is 1.35 bits per heavy atom. The average molecular weight is 322 g/mol. The van der Waals surface area contributed by atoms with Crippen LogP contribution in [0.15, 0.2) is 18.2 Å². The fraction of sp³-hybridized carbons (Fsp3) is 0.467. The molecule has 8 heteroatoms. The summed E-state index contributed by atoms with van der Waals surface area (Å²) in [6, 6.07) is 3.34. The Morgan fingerprint density at radius 3 is 2.74 bits per heavy atom. The van der Waals surface area contributed by atoms with E-state index in [0.717, 1.165) is 31.4 Å². The van der Waals surface area contributed by atoms with Gasteiger partial charge in [0, 0.05) is 30.6 Å². The monoisotopic (exact) mass is 322 g/mol. The number of hydrogen-bond acceptors (Lipinski definition) is 5. The molecule has 8 nitrogen and oxygen atoms in total. The molecular weight excluding hydrogens is 304 g/mol. The van der Waals surface area contributed by atoms with Gasteiger partial charge in [0.15, 0.2) is 5.75 Å². The SMILES string of the molecule is O=C(O)CCC1CCCCN1C(=O)c1ccc(O)c([N+](=O)[O-])c1. The number of carboxylic acid groups (broad SMARTS) is 1. The van der Waals surface area contributed by atoms with Gasteiger partial charge in [-0.15, -0.1) is 0 Å².